The largest absolute Gasteiger partial charge is 0.495 e. The van der Waals surface area contributed by atoms with E-state index in [1.807, 2.05) is 25.1 Å². The number of aryl methyl sites for hydroxylation is 1. The minimum absolute atomic E-state index is 0.00362. The molecule has 1 fully saturated rings. The molecule has 1 unspecified atom stereocenters. The van der Waals surface area contributed by atoms with E-state index in [-0.39, 0.29) is 11.9 Å². The Morgan fingerprint density at radius 3 is 2.76 bits per heavy atom. The van der Waals surface area contributed by atoms with E-state index in [0.717, 1.165) is 41.3 Å². The molecule has 29 heavy (non-hydrogen) atoms. The number of anilines is 4. The van der Waals surface area contributed by atoms with Gasteiger partial charge in [-0.3, -0.25) is 4.79 Å². The van der Waals surface area contributed by atoms with E-state index in [1.165, 1.54) is 12.8 Å². The van der Waals surface area contributed by atoms with E-state index < -0.39 is 6.04 Å². The van der Waals surface area contributed by atoms with Crippen molar-refractivity contribution in [3.63, 3.8) is 0 Å². The average Bonchev–Trinajstić information content (AvgIpc) is 3.26. The summed E-state index contributed by atoms with van der Waals surface area (Å²) in [5, 5.41) is 3.27. The molecule has 1 saturated carbocycles. The first-order chi connectivity index (χ1) is 14.0. The number of carbonyl (C=O) groups excluding carboxylic acids is 1. The lowest BCUT2D eigenvalue weighted by Gasteiger charge is -2.42. The van der Waals surface area contributed by atoms with Gasteiger partial charge in [-0.25, -0.2) is 4.98 Å². The summed E-state index contributed by atoms with van der Waals surface area (Å²) in [5.74, 6) is 1.98. The summed E-state index contributed by atoms with van der Waals surface area (Å²) in [5.41, 5.74) is 2.63. The summed E-state index contributed by atoms with van der Waals surface area (Å²) in [6.07, 6.45) is 7.88. The second-order valence-corrected chi connectivity index (χ2v) is 7.65. The molecule has 1 atom stereocenters. The van der Waals surface area contributed by atoms with Crippen LogP contribution in [0.25, 0.3) is 0 Å². The van der Waals surface area contributed by atoms with Gasteiger partial charge in [0.2, 0.25) is 5.95 Å². The minimum Gasteiger partial charge on any atom is -0.495 e. The number of hydrogen-bond donors (Lipinski definition) is 1. The Hall–Kier alpha value is -3.09. The molecule has 2 heterocycles. The standard InChI is InChI=1S/C22H27N5O2/c1-5-17-21(28)26(3)18-13-23-22(24-16-11-10-14(2)12-19(16)29-4)25-20(18)27(17)15-8-6-7-9-15/h5,10-13,15,17H,1,6-9H2,2-4H3,(H,23,24,25). The first-order valence-electron chi connectivity index (χ1n) is 10.0. The number of ether oxygens (including phenoxy) is 1. The number of carbonyl (C=O) groups is 1. The van der Waals surface area contributed by atoms with Crippen LogP contribution < -0.4 is 19.9 Å². The molecule has 1 aromatic carbocycles. The van der Waals surface area contributed by atoms with E-state index in [1.54, 1.807) is 31.3 Å². The van der Waals surface area contributed by atoms with Gasteiger partial charge in [-0.1, -0.05) is 25.0 Å². The third-order valence-corrected chi connectivity index (χ3v) is 5.78. The molecule has 1 aliphatic carbocycles. The van der Waals surface area contributed by atoms with Gasteiger partial charge in [-0.2, -0.15) is 4.98 Å². The van der Waals surface area contributed by atoms with Crippen LogP contribution >= 0.6 is 0 Å². The number of methoxy groups -OCH3 is 1. The van der Waals surface area contributed by atoms with Gasteiger partial charge in [0, 0.05) is 13.1 Å². The zero-order chi connectivity index (χ0) is 20.5. The van der Waals surface area contributed by atoms with Crippen LogP contribution in [-0.2, 0) is 4.79 Å². The third kappa shape index (κ3) is 3.41. The van der Waals surface area contributed by atoms with Crippen molar-refractivity contribution < 1.29 is 9.53 Å². The second-order valence-electron chi connectivity index (χ2n) is 7.65. The summed E-state index contributed by atoms with van der Waals surface area (Å²) in [6, 6.07) is 5.80. The molecule has 7 heteroatoms. The van der Waals surface area contributed by atoms with Gasteiger partial charge in [-0.15, -0.1) is 6.58 Å². The molecule has 7 nitrogen and oxygen atoms in total. The fourth-order valence-corrected chi connectivity index (χ4v) is 4.24. The SMILES string of the molecule is C=CC1C(=O)N(C)c2cnc(Nc3ccc(C)cc3OC)nc2N1C1CCCC1. The predicted octanol–water partition coefficient (Wildman–Crippen LogP) is 3.82. The molecular weight excluding hydrogens is 366 g/mol. The fraction of sp³-hybridized carbons (Fsp3) is 0.409. The first-order valence-corrected chi connectivity index (χ1v) is 10.0. The molecule has 0 spiro atoms. The van der Waals surface area contributed by atoms with Crippen LogP contribution in [-0.4, -0.2) is 42.1 Å². The summed E-state index contributed by atoms with van der Waals surface area (Å²) >= 11 is 0. The number of amides is 1. The van der Waals surface area contributed by atoms with Crippen molar-refractivity contribution in [2.24, 2.45) is 0 Å². The van der Waals surface area contributed by atoms with E-state index >= 15 is 0 Å². The second kappa shape index (κ2) is 7.73. The zero-order valence-corrected chi connectivity index (χ0v) is 17.2. The monoisotopic (exact) mass is 393 g/mol. The van der Waals surface area contributed by atoms with Crippen LogP contribution in [0.1, 0.15) is 31.2 Å². The molecule has 1 aromatic heterocycles. The first kappa shape index (κ1) is 19.2. The number of nitrogens with one attached hydrogen (secondary N) is 1. The Bertz CT molecular complexity index is 939. The Morgan fingerprint density at radius 2 is 2.07 bits per heavy atom. The maximum absolute atomic E-state index is 12.9. The zero-order valence-electron chi connectivity index (χ0n) is 17.2. The number of likely N-dealkylation sites (N-methyl/N-ethyl adjacent to an activating group) is 1. The van der Waals surface area contributed by atoms with Crippen molar-refractivity contribution in [2.45, 2.75) is 44.7 Å². The molecule has 4 rings (SSSR count). The summed E-state index contributed by atoms with van der Waals surface area (Å²) < 4.78 is 5.48. The highest BCUT2D eigenvalue weighted by Gasteiger charge is 2.40. The van der Waals surface area contributed by atoms with Crippen molar-refractivity contribution in [1.29, 1.82) is 0 Å². The van der Waals surface area contributed by atoms with Crippen LogP contribution in [0, 0.1) is 6.92 Å². The quantitative estimate of drug-likeness (QED) is 0.779. The molecule has 0 saturated heterocycles. The van der Waals surface area contributed by atoms with Crippen molar-refractivity contribution in [3.8, 4) is 5.75 Å². The van der Waals surface area contributed by atoms with Gasteiger partial charge >= 0.3 is 0 Å². The maximum atomic E-state index is 12.9. The lowest BCUT2D eigenvalue weighted by molar-refractivity contribution is -0.119. The van der Waals surface area contributed by atoms with Gasteiger partial charge in [0.1, 0.15) is 17.5 Å². The third-order valence-electron chi connectivity index (χ3n) is 5.78. The highest BCUT2D eigenvalue weighted by molar-refractivity contribution is 6.05. The number of rotatable bonds is 5. The normalized spacial score (nSPS) is 19.3. The number of nitrogens with zero attached hydrogens (tertiary/aromatic N) is 4. The fourth-order valence-electron chi connectivity index (χ4n) is 4.24. The van der Waals surface area contributed by atoms with E-state index in [9.17, 15) is 4.79 Å². The lowest BCUT2D eigenvalue weighted by atomic mass is 10.1. The van der Waals surface area contributed by atoms with Crippen molar-refractivity contribution in [1.82, 2.24) is 9.97 Å². The summed E-state index contributed by atoms with van der Waals surface area (Å²) in [4.78, 5) is 25.9. The van der Waals surface area contributed by atoms with E-state index in [0.29, 0.717) is 5.95 Å². The van der Waals surface area contributed by atoms with Crippen molar-refractivity contribution in [2.75, 3.05) is 29.3 Å². The number of fused-ring (bicyclic) bond motifs is 1. The van der Waals surface area contributed by atoms with Gasteiger partial charge in [0.25, 0.3) is 5.91 Å². The molecule has 152 valence electrons. The summed E-state index contributed by atoms with van der Waals surface area (Å²) in [6.45, 7) is 5.94. The maximum Gasteiger partial charge on any atom is 0.253 e. The molecule has 2 aromatic rings. The van der Waals surface area contributed by atoms with Gasteiger partial charge in [0.05, 0.1) is 19.0 Å². The van der Waals surface area contributed by atoms with Gasteiger partial charge in [0.15, 0.2) is 5.82 Å². The van der Waals surface area contributed by atoms with Crippen LogP contribution in [0.15, 0.2) is 37.1 Å². The smallest absolute Gasteiger partial charge is 0.253 e. The molecule has 1 N–H and O–H groups in total. The highest BCUT2D eigenvalue weighted by atomic mass is 16.5. The summed E-state index contributed by atoms with van der Waals surface area (Å²) in [7, 11) is 3.41. The van der Waals surface area contributed by atoms with Crippen LogP contribution in [0.2, 0.25) is 0 Å². The van der Waals surface area contributed by atoms with E-state index in [4.69, 9.17) is 9.72 Å². The number of hydrogen-bond acceptors (Lipinski definition) is 6. The Morgan fingerprint density at radius 1 is 1.31 bits per heavy atom. The Labute approximate surface area is 171 Å². The average molecular weight is 393 g/mol. The Kier molecular flexibility index (Phi) is 5.13. The molecular formula is C22H27N5O2. The highest BCUT2D eigenvalue weighted by Crippen LogP contribution is 2.39. The molecule has 1 amide bonds. The molecule has 0 bridgehead atoms. The van der Waals surface area contributed by atoms with E-state index in [2.05, 4.69) is 21.8 Å². The lowest BCUT2D eigenvalue weighted by Crippen LogP contribution is -2.55. The van der Waals surface area contributed by atoms with Crippen molar-refractivity contribution in [3.05, 3.63) is 42.6 Å². The van der Waals surface area contributed by atoms with Crippen molar-refractivity contribution >= 4 is 29.0 Å². The molecule has 1 aliphatic heterocycles. The Balaban J connectivity index is 1.75. The molecule has 2 aliphatic rings. The number of benzene rings is 1. The minimum atomic E-state index is -0.410. The predicted molar refractivity (Wildman–Crippen MR) is 115 cm³/mol. The van der Waals surface area contributed by atoms with Gasteiger partial charge in [-0.05, 0) is 37.5 Å². The van der Waals surface area contributed by atoms with Crippen LogP contribution in [0.5, 0.6) is 5.75 Å². The van der Waals surface area contributed by atoms with Gasteiger partial charge < -0.3 is 19.9 Å². The number of aromatic nitrogens is 2. The van der Waals surface area contributed by atoms with Crippen LogP contribution in [0.4, 0.5) is 23.1 Å². The topological polar surface area (TPSA) is 70.6 Å². The van der Waals surface area contributed by atoms with Crippen LogP contribution in [0.3, 0.4) is 0 Å². The molecule has 0 radical (unpaired) electrons.